The number of esters is 1. The minimum absolute atomic E-state index is 0.151. The highest BCUT2D eigenvalue weighted by Gasteiger charge is 2.30. The van der Waals surface area contributed by atoms with E-state index >= 15 is 0 Å². The number of alkyl halides is 3. The van der Waals surface area contributed by atoms with Crippen molar-refractivity contribution in [2.45, 2.75) is 13.1 Å². The van der Waals surface area contributed by atoms with Crippen LogP contribution in [0.5, 0.6) is 5.75 Å². The van der Waals surface area contributed by atoms with E-state index in [2.05, 4.69) is 10.1 Å². The van der Waals surface area contributed by atoms with Gasteiger partial charge in [0.15, 0.2) is 13.2 Å². The molecule has 0 heterocycles. The Bertz CT molecular complexity index is 927. The molecule has 2 aromatic carbocycles. The normalized spacial score (nSPS) is 10.9. The molecule has 0 bridgehead atoms. The maximum absolute atomic E-state index is 13.9. The summed E-state index contributed by atoms with van der Waals surface area (Å²) in [7, 11) is 0. The molecule has 0 atom stereocenters. The smallest absolute Gasteiger partial charge is 0.416 e. The fraction of sp³-hybridized carbons (Fsp3) is 0.211. The lowest BCUT2D eigenvalue weighted by molar-refractivity contribution is -0.144. The molecule has 0 aliphatic rings. The van der Waals surface area contributed by atoms with Crippen LogP contribution in [0.4, 0.5) is 23.2 Å². The Hall–Kier alpha value is -3.43. The molecule has 10 heteroatoms. The van der Waals surface area contributed by atoms with Crippen molar-refractivity contribution in [1.29, 1.82) is 0 Å². The van der Waals surface area contributed by atoms with Crippen LogP contribution in [0, 0.1) is 5.82 Å². The fourth-order valence-electron chi connectivity index (χ4n) is 2.19. The summed E-state index contributed by atoms with van der Waals surface area (Å²) in [5, 5.41) is 2.34. The third kappa shape index (κ3) is 6.59. The first-order valence-electron chi connectivity index (χ1n) is 8.12. The quantitative estimate of drug-likeness (QED) is 0.426. The molecule has 6 nitrogen and oxygen atoms in total. The van der Waals surface area contributed by atoms with Crippen LogP contribution in [0.1, 0.15) is 22.8 Å². The molecule has 0 saturated carbocycles. The number of benzene rings is 2. The second-order valence-electron chi connectivity index (χ2n) is 5.77. The largest absolute Gasteiger partial charge is 0.482 e. The molecule has 0 spiro atoms. The summed E-state index contributed by atoms with van der Waals surface area (Å²) in [6.45, 7) is -0.294. The average Bonchev–Trinajstić information content (AvgIpc) is 2.63. The van der Waals surface area contributed by atoms with Gasteiger partial charge in [-0.05, 0) is 36.4 Å². The molecule has 0 aliphatic carbocycles. The molecule has 1 N–H and O–H groups in total. The van der Waals surface area contributed by atoms with Crippen molar-refractivity contribution in [3.05, 3.63) is 59.4 Å². The standard InChI is InChI=1S/C19H15F4NO5/c1-11(25)24-13-5-6-15(16(20)8-13)17(26)9-29-18(27)10-28-14-4-2-3-12(7-14)19(21,22)23/h2-8H,9-10H2,1H3,(H,24,25). The van der Waals surface area contributed by atoms with E-state index in [1.807, 2.05) is 0 Å². The van der Waals surface area contributed by atoms with Gasteiger partial charge in [0.2, 0.25) is 11.7 Å². The highest BCUT2D eigenvalue weighted by molar-refractivity contribution is 5.99. The molecule has 29 heavy (non-hydrogen) atoms. The molecular formula is C19H15F4NO5. The van der Waals surface area contributed by atoms with E-state index in [1.54, 1.807) is 0 Å². The lowest BCUT2D eigenvalue weighted by Gasteiger charge is -2.10. The predicted octanol–water partition coefficient (Wildman–Crippen LogP) is 3.61. The van der Waals surface area contributed by atoms with Crippen molar-refractivity contribution in [2.24, 2.45) is 0 Å². The summed E-state index contributed by atoms with van der Waals surface area (Å²) >= 11 is 0. The zero-order valence-electron chi connectivity index (χ0n) is 15.0. The molecule has 0 unspecified atom stereocenters. The number of amides is 1. The maximum atomic E-state index is 13.9. The van der Waals surface area contributed by atoms with Gasteiger partial charge in [-0.3, -0.25) is 9.59 Å². The number of ketones is 1. The van der Waals surface area contributed by atoms with Gasteiger partial charge >= 0.3 is 12.1 Å². The number of hydrogen-bond acceptors (Lipinski definition) is 5. The maximum Gasteiger partial charge on any atom is 0.416 e. The second kappa shape index (κ2) is 9.18. The molecule has 0 aliphatic heterocycles. The molecule has 0 aromatic heterocycles. The number of carbonyl (C=O) groups is 3. The van der Waals surface area contributed by atoms with Crippen LogP contribution in [0.15, 0.2) is 42.5 Å². The number of carbonyl (C=O) groups excluding carboxylic acids is 3. The zero-order valence-corrected chi connectivity index (χ0v) is 15.0. The average molecular weight is 413 g/mol. The van der Waals surface area contributed by atoms with Gasteiger partial charge in [0.05, 0.1) is 11.1 Å². The Morgan fingerprint density at radius 3 is 2.38 bits per heavy atom. The van der Waals surface area contributed by atoms with Gasteiger partial charge in [0, 0.05) is 12.6 Å². The Kier molecular flexibility index (Phi) is 6.92. The summed E-state index contributed by atoms with van der Waals surface area (Å²) < 4.78 is 61.4. The van der Waals surface area contributed by atoms with E-state index in [-0.39, 0.29) is 17.0 Å². The topological polar surface area (TPSA) is 81.7 Å². The van der Waals surface area contributed by atoms with Crippen LogP contribution in [0.2, 0.25) is 0 Å². The Morgan fingerprint density at radius 2 is 1.76 bits per heavy atom. The molecule has 0 fully saturated rings. The van der Waals surface area contributed by atoms with Crippen LogP contribution >= 0.6 is 0 Å². The lowest BCUT2D eigenvalue weighted by Crippen LogP contribution is -2.20. The van der Waals surface area contributed by atoms with Gasteiger partial charge in [0.1, 0.15) is 11.6 Å². The van der Waals surface area contributed by atoms with E-state index in [0.29, 0.717) is 6.07 Å². The molecule has 1 amide bonds. The van der Waals surface area contributed by atoms with Crippen molar-refractivity contribution >= 4 is 23.3 Å². The van der Waals surface area contributed by atoms with Crippen LogP contribution in [-0.2, 0) is 20.5 Å². The predicted molar refractivity (Wildman–Crippen MR) is 92.9 cm³/mol. The molecule has 154 valence electrons. The van der Waals surface area contributed by atoms with Crippen molar-refractivity contribution in [1.82, 2.24) is 0 Å². The minimum Gasteiger partial charge on any atom is -0.482 e. The van der Waals surface area contributed by atoms with E-state index in [4.69, 9.17) is 4.74 Å². The van der Waals surface area contributed by atoms with Gasteiger partial charge < -0.3 is 14.8 Å². The number of hydrogen-bond donors (Lipinski definition) is 1. The summed E-state index contributed by atoms with van der Waals surface area (Å²) in [6, 6.07) is 7.25. The lowest BCUT2D eigenvalue weighted by atomic mass is 10.1. The molecule has 2 rings (SSSR count). The first-order valence-corrected chi connectivity index (χ1v) is 8.12. The third-order valence-electron chi connectivity index (χ3n) is 3.47. The summed E-state index contributed by atoms with van der Waals surface area (Å²) in [4.78, 5) is 34.5. The van der Waals surface area contributed by atoms with Crippen molar-refractivity contribution in [3.8, 4) is 5.75 Å². The van der Waals surface area contributed by atoms with Gasteiger partial charge in [-0.2, -0.15) is 13.2 Å². The number of nitrogens with one attached hydrogen (secondary N) is 1. The van der Waals surface area contributed by atoms with Crippen molar-refractivity contribution in [3.63, 3.8) is 0 Å². The number of rotatable bonds is 7. The highest BCUT2D eigenvalue weighted by Crippen LogP contribution is 2.31. The number of ether oxygens (including phenoxy) is 2. The van der Waals surface area contributed by atoms with E-state index in [9.17, 15) is 31.9 Å². The third-order valence-corrected chi connectivity index (χ3v) is 3.47. The van der Waals surface area contributed by atoms with E-state index < -0.39 is 48.4 Å². The SMILES string of the molecule is CC(=O)Nc1ccc(C(=O)COC(=O)COc2cccc(C(F)(F)F)c2)c(F)c1. The van der Waals surface area contributed by atoms with Crippen LogP contribution < -0.4 is 10.1 Å². The number of halogens is 4. The first-order chi connectivity index (χ1) is 13.6. The van der Waals surface area contributed by atoms with Crippen LogP contribution in [0.25, 0.3) is 0 Å². The first kappa shape index (κ1) is 21.9. The Labute approximate surface area is 162 Å². The summed E-state index contributed by atoms with van der Waals surface area (Å²) in [6.07, 6.45) is -4.56. The van der Waals surface area contributed by atoms with E-state index in [1.165, 1.54) is 19.1 Å². The second-order valence-corrected chi connectivity index (χ2v) is 5.77. The van der Waals surface area contributed by atoms with Gasteiger partial charge in [-0.1, -0.05) is 6.07 Å². The number of anilines is 1. The van der Waals surface area contributed by atoms with Gasteiger partial charge in [-0.15, -0.1) is 0 Å². The van der Waals surface area contributed by atoms with Crippen LogP contribution in [-0.4, -0.2) is 30.9 Å². The summed E-state index contributed by atoms with van der Waals surface area (Å²) in [5.74, 6) is -3.41. The molecule has 0 saturated heterocycles. The number of Topliss-reactive ketones (excluding diaryl/α,β-unsaturated/α-hetero) is 1. The monoisotopic (exact) mass is 413 g/mol. The minimum atomic E-state index is -4.56. The van der Waals surface area contributed by atoms with Gasteiger partial charge in [0.25, 0.3) is 0 Å². The molecule has 0 radical (unpaired) electrons. The van der Waals surface area contributed by atoms with Crippen molar-refractivity contribution in [2.75, 3.05) is 18.5 Å². The van der Waals surface area contributed by atoms with Crippen molar-refractivity contribution < 1.29 is 41.4 Å². The molecule has 2 aromatic rings. The fourth-order valence-corrected chi connectivity index (χ4v) is 2.19. The highest BCUT2D eigenvalue weighted by atomic mass is 19.4. The molecular weight excluding hydrogens is 398 g/mol. The van der Waals surface area contributed by atoms with Crippen LogP contribution in [0.3, 0.4) is 0 Å². The Balaban J connectivity index is 1.88. The Morgan fingerprint density at radius 1 is 1.03 bits per heavy atom. The summed E-state index contributed by atoms with van der Waals surface area (Å²) in [5.41, 5.74) is -1.15. The zero-order chi connectivity index (χ0) is 21.6. The van der Waals surface area contributed by atoms with Gasteiger partial charge in [-0.25, -0.2) is 9.18 Å². The van der Waals surface area contributed by atoms with E-state index in [0.717, 1.165) is 24.3 Å².